The van der Waals surface area contributed by atoms with E-state index >= 15 is 0 Å². The maximum Gasteiger partial charge on any atom is 0.248 e. The number of benzene rings is 2. The van der Waals surface area contributed by atoms with Gasteiger partial charge in [-0.1, -0.05) is 54.7 Å². The zero-order valence-electron chi connectivity index (χ0n) is 16.2. The molecule has 2 aromatic carbocycles. The molecule has 2 aromatic heterocycles. The van der Waals surface area contributed by atoms with E-state index in [1.54, 1.807) is 36.5 Å². The van der Waals surface area contributed by atoms with Gasteiger partial charge in [-0.2, -0.15) is 4.98 Å². The highest BCUT2D eigenvalue weighted by molar-refractivity contribution is 7.14. The molecule has 30 heavy (non-hydrogen) atoms. The van der Waals surface area contributed by atoms with Crippen molar-refractivity contribution in [2.45, 2.75) is 13.3 Å². The number of ether oxygens (including phenoxy) is 1. The lowest BCUT2D eigenvalue weighted by molar-refractivity contribution is 0.100. The number of nitrogens with two attached hydrogens (primary N) is 1. The minimum absolute atomic E-state index is 0.343. The van der Waals surface area contributed by atoms with Gasteiger partial charge >= 0.3 is 0 Å². The van der Waals surface area contributed by atoms with Crippen molar-refractivity contribution in [1.82, 2.24) is 15.0 Å². The number of nitrogens with one attached hydrogen (secondary N) is 1. The number of nitrogens with zero attached hydrogens (tertiary/aromatic N) is 3. The van der Waals surface area contributed by atoms with Crippen LogP contribution >= 0.6 is 11.3 Å². The van der Waals surface area contributed by atoms with E-state index in [0.717, 1.165) is 22.7 Å². The van der Waals surface area contributed by atoms with Gasteiger partial charge in [0.15, 0.2) is 0 Å². The SMILES string of the molecule is CCc1nc(-c2ccccc2)c(Oc2ccnc(Nc3cccc(C(N)=O)c3)n2)s1. The zero-order valence-corrected chi connectivity index (χ0v) is 17.0. The predicted octanol–water partition coefficient (Wildman–Crippen LogP) is 4.80. The first-order valence-electron chi connectivity index (χ1n) is 9.35. The van der Waals surface area contributed by atoms with E-state index in [9.17, 15) is 4.79 Å². The topological polar surface area (TPSA) is 103 Å². The van der Waals surface area contributed by atoms with Crippen molar-refractivity contribution in [2.24, 2.45) is 5.73 Å². The lowest BCUT2D eigenvalue weighted by atomic mass is 10.2. The summed E-state index contributed by atoms with van der Waals surface area (Å²) in [7, 11) is 0. The largest absolute Gasteiger partial charge is 0.426 e. The molecule has 7 nitrogen and oxygen atoms in total. The third-order valence-corrected chi connectivity index (χ3v) is 5.30. The first-order valence-corrected chi connectivity index (χ1v) is 10.2. The highest BCUT2D eigenvalue weighted by Gasteiger charge is 2.15. The highest BCUT2D eigenvalue weighted by Crippen LogP contribution is 2.38. The second-order valence-electron chi connectivity index (χ2n) is 6.35. The molecule has 150 valence electrons. The fourth-order valence-electron chi connectivity index (χ4n) is 2.78. The summed E-state index contributed by atoms with van der Waals surface area (Å²) in [5.74, 6) is 0.236. The van der Waals surface area contributed by atoms with Gasteiger partial charge < -0.3 is 15.8 Å². The summed E-state index contributed by atoms with van der Waals surface area (Å²) in [6, 6.07) is 18.4. The van der Waals surface area contributed by atoms with Crippen LogP contribution in [-0.2, 0) is 6.42 Å². The van der Waals surface area contributed by atoms with Gasteiger partial charge in [0.25, 0.3) is 0 Å². The van der Waals surface area contributed by atoms with E-state index in [0.29, 0.717) is 28.1 Å². The van der Waals surface area contributed by atoms with Crippen LogP contribution in [0, 0.1) is 0 Å². The molecule has 8 heteroatoms. The Hall–Kier alpha value is -3.78. The van der Waals surface area contributed by atoms with Gasteiger partial charge in [-0.25, -0.2) is 9.97 Å². The molecule has 0 aliphatic rings. The Morgan fingerprint density at radius 1 is 1.10 bits per heavy atom. The summed E-state index contributed by atoms with van der Waals surface area (Å²) in [5, 5.41) is 4.73. The van der Waals surface area contributed by atoms with Crippen LogP contribution in [0.15, 0.2) is 66.9 Å². The third kappa shape index (κ3) is 4.44. The molecule has 0 aliphatic carbocycles. The molecule has 0 aliphatic heterocycles. The van der Waals surface area contributed by atoms with Gasteiger partial charge in [0.2, 0.25) is 22.8 Å². The van der Waals surface area contributed by atoms with Crippen LogP contribution in [-0.4, -0.2) is 20.9 Å². The smallest absolute Gasteiger partial charge is 0.248 e. The van der Waals surface area contributed by atoms with Gasteiger partial charge in [-0.05, 0) is 24.6 Å². The standard InChI is InChI=1S/C22H19N5O2S/c1-2-18-27-19(14-7-4-3-5-8-14)21(30-18)29-17-11-12-24-22(26-17)25-16-10-6-9-15(13-16)20(23)28/h3-13H,2H2,1H3,(H2,23,28)(H,24,25,26). The molecule has 0 saturated carbocycles. The Labute approximate surface area is 177 Å². The van der Waals surface area contributed by atoms with Crippen molar-refractivity contribution >= 4 is 28.9 Å². The average molecular weight is 417 g/mol. The number of anilines is 2. The molecule has 0 unspecified atom stereocenters. The number of aryl methyl sites for hydroxylation is 1. The summed E-state index contributed by atoms with van der Waals surface area (Å²) < 4.78 is 6.08. The summed E-state index contributed by atoms with van der Waals surface area (Å²) in [6.45, 7) is 2.06. The van der Waals surface area contributed by atoms with E-state index in [2.05, 4.69) is 22.2 Å². The third-order valence-electron chi connectivity index (χ3n) is 4.22. The minimum Gasteiger partial charge on any atom is -0.426 e. The van der Waals surface area contributed by atoms with Crippen molar-refractivity contribution in [2.75, 3.05) is 5.32 Å². The summed E-state index contributed by atoms with van der Waals surface area (Å²) in [4.78, 5) is 24.7. The number of aromatic nitrogens is 3. The molecular formula is C22H19N5O2S. The second-order valence-corrected chi connectivity index (χ2v) is 7.40. The highest BCUT2D eigenvalue weighted by atomic mass is 32.1. The maximum absolute atomic E-state index is 11.4. The molecule has 2 heterocycles. The van der Waals surface area contributed by atoms with E-state index in [1.807, 2.05) is 30.3 Å². The van der Waals surface area contributed by atoms with Gasteiger partial charge in [-0.15, -0.1) is 0 Å². The maximum atomic E-state index is 11.4. The molecular weight excluding hydrogens is 398 g/mol. The van der Waals surface area contributed by atoms with Gasteiger partial charge in [0.1, 0.15) is 5.69 Å². The fourth-order valence-corrected chi connectivity index (χ4v) is 3.66. The monoisotopic (exact) mass is 417 g/mol. The molecule has 0 radical (unpaired) electrons. The lowest BCUT2D eigenvalue weighted by Crippen LogP contribution is -2.11. The summed E-state index contributed by atoms with van der Waals surface area (Å²) in [6.07, 6.45) is 2.42. The normalized spacial score (nSPS) is 10.6. The first-order chi connectivity index (χ1) is 14.6. The number of carbonyl (C=O) groups is 1. The Balaban J connectivity index is 1.59. The Morgan fingerprint density at radius 2 is 1.93 bits per heavy atom. The molecule has 0 bridgehead atoms. The number of carbonyl (C=O) groups excluding carboxylic acids is 1. The lowest BCUT2D eigenvalue weighted by Gasteiger charge is -2.08. The van der Waals surface area contributed by atoms with Gasteiger partial charge in [0.05, 0.1) is 5.01 Å². The van der Waals surface area contributed by atoms with Crippen LogP contribution in [0.3, 0.4) is 0 Å². The predicted molar refractivity (Wildman–Crippen MR) is 117 cm³/mol. The van der Waals surface area contributed by atoms with Crippen LogP contribution in [0.1, 0.15) is 22.3 Å². The number of amides is 1. The summed E-state index contributed by atoms with van der Waals surface area (Å²) >= 11 is 1.50. The average Bonchev–Trinajstić information content (AvgIpc) is 3.17. The van der Waals surface area contributed by atoms with Crippen LogP contribution in [0.25, 0.3) is 11.3 Å². The zero-order chi connectivity index (χ0) is 20.9. The molecule has 0 saturated heterocycles. The molecule has 4 rings (SSSR count). The molecule has 4 aromatic rings. The van der Waals surface area contributed by atoms with Crippen molar-refractivity contribution in [3.63, 3.8) is 0 Å². The number of hydrogen-bond acceptors (Lipinski definition) is 7. The number of hydrogen-bond donors (Lipinski definition) is 2. The van der Waals surface area contributed by atoms with Crippen molar-refractivity contribution in [3.05, 3.63) is 77.4 Å². The minimum atomic E-state index is -0.498. The quantitative estimate of drug-likeness (QED) is 0.448. The molecule has 0 atom stereocenters. The Bertz CT molecular complexity index is 1180. The van der Waals surface area contributed by atoms with Crippen molar-refractivity contribution in [1.29, 1.82) is 0 Å². The Kier molecular flexibility index (Phi) is 5.67. The molecule has 0 spiro atoms. The first kappa shape index (κ1) is 19.5. The van der Waals surface area contributed by atoms with E-state index < -0.39 is 5.91 Å². The summed E-state index contributed by atoms with van der Waals surface area (Å²) in [5.41, 5.74) is 8.17. The van der Waals surface area contributed by atoms with Crippen LogP contribution in [0.2, 0.25) is 0 Å². The number of thiazole rings is 1. The fraction of sp³-hybridized carbons (Fsp3) is 0.0909. The molecule has 1 amide bonds. The van der Waals surface area contributed by atoms with Crippen molar-refractivity contribution in [3.8, 4) is 22.2 Å². The number of primary amides is 1. The Morgan fingerprint density at radius 3 is 2.70 bits per heavy atom. The van der Waals surface area contributed by atoms with E-state index in [4.69, 9.17) is 15.5 Å². The van der Waals surface area contributed by atoms with Crippen LogP contribution in [0.5, 0.6) is 10.9 Å². The number of rotatable bonds is 7. The van der Waals surface area contributed by atoms with Crippen LogP contribution in [0.4, 0.5) is 11.6 Å². The van der Waals surface area contributed by atoms with Crippen molar-refractivity contribution < 1.29 is 9.53 Å². The van der Waals surface area contributed by atoms with E-state index in [1.165, 1.54) is 11.3 Å². The second kappa shape index (κ2) is 8.71. The van der Waals surface area contributed by atoms with Crippen LogP contribution < -0.4 is 15.8 Å². The van der Waals surface area contributed by atoms with Gasteiger partial charge in [0, 0.05) is 29.1 Å². The molecule has 0 fully saturated rings. The van der Waals surface area contributed by atoms with Gasteiger partial charge in [-0.3, -0.25) is 4.79 Å². The molecule has 3 N–H and O–H groups in total. The van der Waals surface area contributed by atoms with E-state index in [-0.39, 0.29) is 0 Å².